The Morgan fingerprint density at radius 3 is 2.42 bits per heavy atom. The van der Waals surface area contributed by atoms with Gasteiger partial charge in [0.1, 0.15) is 11.5 Å². The number of hydrogen-bond donors (Lipinski definition) is 1. The van der Waals surface area contributed by atoms with Crippen molar-refractivity contribution in [3.05, 3.63) is 59.7 Å². The van der Waals surface area contributed by atoms with Crippen LogP contribution in [0.2, 0.25) is 0 Å². The number of aromatic hydroxyl groups is 1. The van der Waals surface area contributed by atoms with Crippen LogP contribution in [-0.4, -0.2) is 17.5 Å². The number of rotatable bonds is 5. The zero-order chi connectivity index (χ0) is 13.7. The van der Waals surface area contributed by atoms with E-state index < -0.39 is 0 Å². The first kappa shape index (κ1) is 13.1. The van der Waals surface area contributed by atoms with Crippen molar-refractivity contribution in [1.82, 2.24) is 0 Å². The maximum Gasteiger partial charge on any atom is 0.203 e. The maximum atomic E-state index is 11.9. The standard InChI is InChI=1S/C16H16O3/c1-2-12-7-9-13(10-8-12)19-11-16(18)14-5-3-4-6-15(14)17/h3-10,17H,2,11H2,1H3. The number of para-hydroxylation sites is 1. The van der Waals surface area contributed by atoms with Gasteiger partial charge in [-0.3, -0.25) is 4.79 Å². The Bertz CT molecular complexity index is 558. The van der Waals surface area contributed by atoms with Gasteiger partial charge in [0, 0.05) is 0 Å². The lowest BCUT2D eigenvalue weighted by Crippen LogP contribution is -2.11. The van der Waals surface area contributed by atoms with Crippen LogP contribution in [0, 0.1) is 0 Å². The van der Waals surface area contributed by atoms with E-state index in [4.69, 9.17) is 4.74 Å². The zero-order valence-electron chi connectivity index (χ0n) is 10.8. The van der Waals surface area contributed by atoms with Crippen molar-refractivity contribution in [3.63, 3.8) is 0 Å². The highest BCUT2D eigenvalue weighted by atomic mass is 16.5. The summed E-state index contributed by atoms with van der Waals surface area (Å²) in [5.74, 6) is 0.399. The summed E-state index contributed by atoms with van der Waals surface area (Å²) in [5, 5.41) is 9.57. The molecule has 0 aliphatic heterocycles. The second kappa shape index (κ2) is 6.05. The molecule has 3 heteroatoms. The van der Waals surface area contributed by atoms with Gasteiger partial charge in [0.15, 0.2) is 6.61 Å². The summed E-state index contributed by atoms with van der Waals surface area (Å²) >= 11 is 0. The van der Waals surface area contributed by atoms with Gasteiger partial charge in [-0.1, -0.05) is 31.2 Å². The average Bonchev–Trinajstić information content (AvgIpc) is 2.46. The zero-order valence-corrected chi connectivity index (χ0v) is 10.8. The number of carbonyl (C=O) groups is 1. The maximum absolute atomic E-state index is 11.9. The van der Waals surface area contributed by atoms with Crippen LogP contribution in [-0.2, 0) is 6.42 Å². The molecule has 3 nitrogen and oxygen atoms in total. The van der Waals surface area contributed by atoms with Crippen LogP contribution < -0.4 is 4.74 Å². The van der Waals surface area contributed by atoms with Crippen LogP contribution in [0.1, 0.15) is 22.8 Å². The molecular formula is C16H16O3. The summed E-state index contributed by atoms with van der Waals surface area (Å²) in [6.07, 6.45) is 0.969. The molecule has 0 saturated carbocycles. The normalized spacial score (nSPS) is 10.2. The average molecular weight is 256 g/mol. The molecule has 0 aromatic heterocycles. The van der Waals surface area contributed by atoms with E-state index in [1.165, 1.54) is 11.6 Å². The Labute approximate surface area is 112 Å². The van der Waals surface area contributed by atoms with Crippen LogP contribution in [0.3, 0.4) is 0 Å². The van der Waals surface area contributed by atoms with E-state index >= 15 is 0 Å². The fraction of sp³-hybridized carbons (Fsp3) is 0.188. The molecule has 98 valence electrons. The third kappa shape index (κ3) is 3.35. The molecule has 0 unspecified atom stereocenters. The lowest BCUT2D eigenvalue weighted by molar-refractivity contribution is 0.0919. The largest absolute Gasteiger partial charge is 0.507 e. The lowest BCUT2D eigenvalue weighted by atomic mass is 10.1. The molecule has 0 radical (unpaired) electrons. The molecule has 0 bridgehead atoms. The molecule has 0 heterocycles. The number of ketones is 1. The minimum Gasteiger partial charge on any atom is -0.507 e. The quantitative estimate of drug-likeness (QED) is 0.835. The van der Waals surface area contributed by atoms with Gasteiger partial charge in [0.05, 0.1) is 5.56 Å². The minimum atomic E-state index is -0.238. The van der Waals surface area contributed by atoms with Gasteiger partial charge in [-0.15, -0.1) is 0 Å². The molecular weight excluding hydrogens is 240 g/mol. The SMILES string of the molecule is CCc1ccc(OCC(=O)c2ccccc2O)cc1. The smallest absolute Gasteiger partial charge is 0.203 e. The molecule has 0 aliphatic rings. The van der Waals surface area contributed by atoms with Crippen molar-refractivity contribution in [2.75, 3.05) is 6.61 Å². The van der Waals surface area contributed by atoms with Crippen LogP contribution in [0.5, 0.6) is 11.5 Å². The van der Waals surface area contributed by atoms with Crippen LogP contribution in [0.15, 0.2) is 48.5 Å². The second-order valence-electron chi connectivity index (χ2n) is 4.23. The summed E-state index contributed by atoms with van der Waals surface area (Å²) in [6.45, 7) is 2.00. The number of hydrogen-bond acceptors (Lipinski definition) is 3. The molecule has 0 fully saturated rings. The molecule has 0 saturated heterocycles. The summed E-state index contributed by atoms with van der Waals surface area (Å²) in [4.78, 5) is 11.9. The van der Waals surface area contributed by atoms with E-state index in [1.54, 1.807) is 18.2 Å². The monoisotopic (exact) mass is 256 g/mol. The van der Waals surface area contributed by atoms with Crippen molar-refractivity contribution >= 4 is 5.78 Å². The third-order valence-corrected chi connectivity index (χ3v) is 2.91. The van der Waals surface area contributed by atoms with Gasteiger partial charge in [0.25, 0.3) is 0 Å². The van der Waals surface area contributed by atoms with E-state index in [-0.39, 0.29) is 23.7 Å². The van der Waals surface area contributed by atoms with Crippen molar-refractivity contribution in [2.45, 2.75) is 13.3 Å². The Morgan fingerprint density at radius 2 is 1.79 bits per heavy atom. The molecule has 2 rings (SSSR count). The first-order valence-corrected chi connectivity index (χ1v) is 6.23. The number of benzene rings is 2. The first-order chi connectivity index (χ1) is 9.20. The molecule has 0 amide bonds. The molecule has 1 N–H and O–H groups in total. The molecule has 19 heavy (non-hydrogen) atoms. The van der Waals surface area contributed by atoms with Gasteiger partial charge in [-0.05, 0) is 36.2 Å². The Hall–Kier alpha value is -2.29. The van der Waals surface area contributed by atoms with E-state index in [0.717, 1.165) is 6.42 Å². The summed E-state index contributed by atoms with van der Waals surface area (Å²) in [5.41, 5.74) is 1.51. The third-order valence-electron chi connectivity index (χ3n) is 2.91. The fourth-order valence-corrected chi connectivity index (χ4v) is 1.76. The lowest BCUT2D eigenvalue weighted by Gasteiger charge is -2.07. The number of phenols is 1. The summed E-state index contributed by atoms with van der Waals surface area (Å²) in [7, 11) is 0. The van der Waals surface area contributed by atoms with Crippen molar-refractivity contribution in [1.29, 1.82) is 0 Å². The van der Waals surface area contributed by atoms with Gasteiger partial charge >= 0.3 is 0 Å². The molecule has 0 atom stereocenters. The van der Waals surface area contributed by atoms with Crippen molar-refractivity contribution < 1.29 is 14.6 Å². The van der Waals surface area contributed by atoms with E-state index in [0.29, 0.717) is 5.75 Å². The predicted molar refractivity (Wildman–Crippen MR) is 73.8 cm³/mol. The number of ether oxygens (including phenoxy) is 1. The Morgan fingerprint density at radius 1 is 1.11 bits per heavy atom. The fourth-order valence-electron chi connectivity index (χ4n) is 1.76. The van der Waals surface area contributed by atoms with Crippen LogP contribution in [0.25, 0.3) is 0 Å². The van der Waals surface area contributed by atoms with E-state index in [2.05, 4.69) is 6.92 Å². The number of Topliss-reactive ketones (excluding diaryl/α,β-unsaturated/α-hetero) is 1. The van der Waals surface area contributed by atoms with Gasteiger partial charge < -0.3 is 9.84 Å². The first-order valence-electron chi connectivity index (χ1n) is 6.23. The van der Waals surface area contributed by atoms with Gasteiger partial charge in [-0.25, -0.2) is 0 Å². The predicted octanol–water partition coefficient (Wildman–Crippen LogP) is 3.22. The molecule has 0 spiro atoms. The van der Waals surface area contributed by atoms with Gasteiger partial charge in [-0.2, -0.15) is 0 Å². The summed E-state index contributed by atoms with van der Waals surface area (Å²) < 4.78 is 5.42. The van der Waals surface area contributed by atoms with Crippen molar-refractivity contribution in [2.24, 2.45) is 0 Å². The van der Waals surface area contributed by atoms with Crippen LogP contribution >= 0.6 is 0 Å². The highest BCUT2D eigenvalue weighted by Crippen LogP contribution is 2.17. The Balaban J connectivity index is 1.98. The Kier molecular flexibility index (Phi) is 4.18. The summed E-state index contributed by atoms with van der Waals surface area (Å²) in [6, 6.07) is 14.1. The van der Waals surface area contributed by atoms with E-state index in [9.17, 15) is 9.90 Å². The number of phenolic OH excluding ortho intramolecular Hbond substituents is 1. The van der Waals surface area contributed by atoms with Crippen LogP contribution in [0.4, 0.5) is 0 Å². The molecule has 2 aromatic rings. The second-order valence-corrected chi connectivity index (χ2v) is 4.23. The van der Waals surface area contributed by atoms with Gasteiger partial charge in [0.2, 0.25) is 5.78 Å². The van der Waals surface area contributed by atoms with Crippen molar-refractivity contribution in [3.8, 4) is 11.5 Å². The topological polar surface area (TPSA) is 46.5 Å². The minimum absolute atomic E-state index is 0.0163. The molecule has 0 aliphatic carbocycles. The molecule has 2 aromatic carbocycles. The number of aryl methyl sites for hydroxylation is 1. The highest BCUT2D eigenvalue weighted by Gasteiger charge is 2.10. The number of carbonyl (C=O) groups excluding carboxylic acids is 1. The highest BCUT2D eigenvalue weighted by molar-refractivity contribution is 5.99. The van der Waals surface area contributed by atoms with E-state index in [1.807, 2.05) is 24.3 Å².